The summed E-state index contributed by atoms with van der Waals surface area (Å²) in [7, 11) is 0. The topological polar surface area (TPSA) is 0 Å². The highest BCUT2D eigenvalue weighted by atomic mass is 14.4. The van der Waals surface area contributed by atoms with E-state index < -0.39 is 0 Å². The van der Waals surface area contributed by atoms with Crippen LogP contribution in [0.2, 0.25) is 0 Å². The lowest BCUT2D eigenvalue weighted by atomic mass is 9.72. The largest absolute Gasteiger partial charge is 0.0986 e. The van der Waals surface area contributed by atoms with Crippen molar-refractivity contribution in [2.75, 3.05) is 0 Å². The zero-order valence-corrected chi connectivity index (χ0v) is 23.4. The molecule has 37 heavy (non-hydrogen) atoms. The van der Waals surface area contributed by atoms with Gasteiger partial charge in [-0.15, -0.1) is 0 Å². The minimum Gasteiger partial charge on any atom is -0.0986 e. The average molecular weight is 489 g/mol. The van der Waals surface area contributed by atoms with Gasteiger partial charge in [-0.05, 0) is 115 Å². The quantitative estimate of drug-likeness (QED) is 0.355. The molecule has 0 saturated heterocycles. The van der Waals surface area contributed by atoms with Crippen LogP contribution >= 0.6 is 0 Å². The number of allylic oxidation sites excluding steroid dienone is 5. The van der Waals surface area contributed by atoms with Gasteiger partial charge in [0.25, 0.3) is 0 Å². The first kappa shape index (κ1) is 24.7. The first-order chi connectivity index (χ1) is 17.8. The molecular weight excluding hydrogens is 444 g/mol. The predicted molar refractivity (Wildman–Crippen MR) is 160 cm³/mol. The van der Waals surface area contributed by atoms with Crippen LogP contribution in [-0.4, -0.2) is 0 Å². The lowest BCUT2D eigenvalue weighted by molar-refractivity contribution is 0.331. The van der Waals surface area contributed by atoms with E-state index in [1.165, 1.54) is 82.2 Å². The summed E-state index contributed by atoms with van der Waals surface area (Å²) in [6.45, 7) is 18.2. The van der Waals surface area contributed by atoms with Crippen molar-refractivity contribution in [3.63, 3.8) is 0 Å². The van der Waals surface area contributed by atoms with Gasteiger partial charge in [-0.3, -0.25) is 0 Å². The Morgan fingerprint density at radius 2 is 1.81 bits per heavy atom. The Morgan fingerprint density at radius 3 is 2.54 bits per heavy atom. The molecule has 4 aliphatic carbocycles. The van der Waals surface area contributed by atoms with Crippen LogP contribution in [0.15, 0.2) is 72.4 Å². The summed E-state index contributed by atoms with van der Waals surface area (Å²) < 4.78 is 0. The molecular formula is C37H44. The standard InChI is InChI=1S/C37H44/c1-22(2)32-13-10-24(4)34(26(32)6)19-28-18-30-8-7-9-33(36(30)20-28)37-15-23(3)14-25(5)35(37)21-31-17-27-11-12-29(31)16-27/h7-10,13-15,18,22,27,29,31-32,34H,4,6,11-12,16-17,19-21H2,1-3,5H3. The molecule has 2 bridgehead atoms. The zero-order valence-electron chi connectivity index (χ0n) is 23.4. The van der Waals surface area contributed by atoms with Gasteiger partial charge in [-0.2, -0.15) is 0 Å². The number of hydrogen-bond acceptors (Lipinski definition) is 0. The summed E-state index contributed by atoms with van der Waals surface area (Å²) in [6.07, 6.45) is 16.3. The van der Waals surface area contributed by atoms with Crippen molar-refractivity contribution >= 4 is 6.08 Å². The average Bonchev–Trinajstić information content (AvgIpc) is 3.58. The molecule has 0 heterocycles. The molecule has 0 amide bonds. The molecule has 2 aromatic rings. The van der Waals surface area contributed by atoms with Gasteiger partial charge in [0.1, 0.15) is 0 Å². The van der Waals surface area contributed by atoms with Gasteiger partial charge in [-0.1, -0.05) is 98.7 Å². The highest BCUT2D eigenvalue weighted by Gasteiger charge is 2.39. The van der Waals surface area contributed by atoms with Crippen LogP contribution in [0, 0.1) is 49.4 Å². The summed E-state index contributed by atoms with van der Waals surface area (Å²) >= 11 is 0. The molecule has 0 spiro atoms. The smallest absolute Gasteiger partial charge is 0.00828 e. The number of aryl methyl sites for hydroxylation is 2. The minimum absolute atomic E-state index is 0.357. The second-order valence-electron chi connectivity index (χ2n) is 13.1. The van der Waals surface area contributed by atoms with E-state index in [9.17, 15) is 0 Å². The maximum atomic E-state index is 4.56. The Hall–Kier alpha value is -2.60. The predicted octanol–water partition coefficient (Wildman–Crippen LogP) is 9.85. The molecule has 0 aromatic heterocycles. The molecule has 0 N–H and O–H groups in total. The van der Waals surface area contributed by atoms with Crippen LogP contribution in [0.3, 0.4) is 0 Å². The van der Waals surface area contributed by atoms with Crippen molar-refractivity contribution in [2.45, 2.75) is 72.6 Å². The molecule has 2 aromatic carbocycles. The fraction of sp³-hybridized carbons (Fsp3) is 0.459. The van der Waals surface area contributed by atoms with Crippen molar-refractivity contribution < 1.29 is 0 Å². The summed E-state index contributed by atoms with van der Waals surface area (Å²) in [5, 5.41) is 0. The zero-order chi connectivity index (χ0) is 25.8. The Balaban J connectivity index is 1.29. The normalized spacial score (nSPS) is 28.4. The van der Waals surface area contributed by atoms with E-state index in [0.717, 1.165) is 30.6 Å². The minimum atomic E-state index is 0.357. The van der Waals surface area contributed by atoms with E-state index >= 15 is 0 Å². The molecule has 0 nitrogen and oxygen atoms in total. The summed E-state index contributed by atoms with van der Waals surface area (Å²) in [4.78, 5) is 0. The molecule has 2 fully saturated rings. The Bertz CT molecular complexity index is 1310. The second kappa shape index (κ2) is 9.61. The Labute approximate surface area is 225 Å². The van der Waals surface area contributed by atoms with E-state index in [1.807, 2.05) is 0 Å². The van der Waals surface area contributed by atoms with E-state index in [2.05, 4.69) is 89.4 Å². The number of hydrogen-bond donors (Lipinski definition) is 0. The van der Waals surface area contributed by atoms with Gasteiger partial charge in [0.05, 0.1) is 0 Å². The van der Waals surface area contributed by atoms with E-state index in [4.69, 9.17) is 0 Å². The third kappa shape index (κ3) is 4.52. The van der Waals surface area contributed by atoms with Crippen LogP contribution < -0.4 is 0 Å². The molecule has 0 heteroatoms. The number of rotatable bonds is 6. The van der Waals surface area contributed by atoms with Crippen molar-refractivity contribution in [1.29, 1.82) is 0 Å². The van der Waals surface area contributed by atoms with Crippen LogP contribution in [-0.2, 0) is 12.8 Å². The van der Waals surface area contributed by atoms with Gasteiger partial charge in [0.15, 0.2) is 0 Å². The highest BCUT2D eigenvalue weighted by Crippen LogP contribution is 2.50. The number of fused-ring (bicyclic) bond motifs is 3. The maximum Gasteiger partial charge on any atom is 0.00828 e. The molecule has 0 radical (unpaired) electrons. The van der Waals surface area contributed by atoms with Crippen LogP contribution in [0.5, 0.6) is 0 Å². The van der Waals surface area contributed by atoms with Crippen LogP contribution in [0.25, 0.3) is 17.2 Å². The van der Waals surface area contributed by atoms with Crippen molar-refractivity contribution in [3.8, 4) is 11.1 Å². The van der Waals surface area contributed by atoms with Crippen LogP contribution in [0.1, 0.15) is 73.8 Å². The molecule has 2 saturated carbocycles. The molecule has 5 atom stereocenters. The fourth-order valence-electron chi connectivity index (χ4n) is 8.33. The molecule has 5 unspecified atom stereocenters. The molecule has 6 rings (SSSR count). The van der Waals surface area contributed by atoms with Gasteiger partial charge < -0.3 is 0 Å². The van der Waals surface area contributed by atoms with E-state index in [0.29, 0.717) is 17.8 Å². The monoisotopic (exact) mass is 488 g/mol. The third-order valence-electron chi connectivity index (χ3n) is 10.3. The van der Waals surface area contributed by atoms with Crippen LogP contribution in [0.4, 0.5) is 0 Å². The van der Waals surface area contributed by atoms with Crippen molar-refractivity contribution in [3.05, 3.63) is 100 Å². The second-order valence-corrected chi connectivity index (χ2v) is 13.1. The SMILES string of the molecule is C=C1C=CC(C(C)C)C(=C)C1CC1=Cc2cccc(-c3cc(C)cc(C)c3CC3CC4CCC3C4)c2C1. The van der Waals surface area contributed by atoms with Gasteiger partial charge in [-0.25, -0.2) is 0 Å². The number of benzene rings is 2. The highest BCUT2D eigenvalue weighted by molar-refractivity contribution is 5.80. The fourth-order valence-corrected chi connectivity index (χ4v) is 8.33. The summed E-state index contributed by atoms with van der Waals surface area (Å²) in [5.41, 5.74) is 14.5. The molecule has 192 valence electrons. The molecule has 4 aliphatic rings. The van der Waals surface area contributed by atoms with Gasteiger partial charge >= 0.3 is 0 Å². The third-order valence-corrected chi connectivity index (χ3v) is 10.3. The Kier molecular flexibility index (Phi) is 6.42. The van der Waals surface area contributed by atoms with Crippen molar-refractivity contribution in [1.82, 2.24) is 0 Å². The summed E-state index contributed by atoms with van der Waals surface area (Å²) in [5.74, 6) is 4.25. The Morgan fingerprint density at radius 1 is 0.973 bits per heavy atom. The van der Waals surface area contributed by atoms with Crippen molar-refractivity contribution in [2.24, 2.45) is 35.5 Å². The van der Waals surface area contributed by atoms with E-state index in [1.54, 1.807) is 5.56 Å². The van der Waals surface area contributed by atoms with Gasteiger partial charge in [0, 0.05) is 11.8 Å². The lowest BCUT2D eigenvalue weighted by Gasteiger charge is -2.32. The van der Waals surface area contributed by atoms with E-state index in [-0.39, 0.29) is 0 Å². The first-order valence-corrected chi connectivity index (χ1v) is 14.8. The van der Waals surface area contributed by atoms with Gasteiger partial charge in [0.2, 0.25) is 0 Å². The first-order valence-electron chi connectivity index (χ1n) is 14.8. The molecule has 0 aliphatic heterocycles. The summed E-state index contributed by atoms with van der Waals surface area (Å²) in [6, 6.07) is 11.9. The maximum absolute atomic E-state index is 4.56. The lowest BCUT2D eigenvalue weighted by Crippen LogP contribution is -2.21.